The molecular formula is C26H21N3. The highest BCUT2D eigenvalue weighted by atomic mass is 15.6. The van der Waals surface area contributed by atoms with Crippen LogP contribution in [0.25, 0.3) is 0 Å². The predicted molar refractivity (Wildman–Crippen MR) is 121 cm³/mol. The van der Waals surface area contributed by atoms with Crippen LogP contribution in [0.2, 0.25) is 0 Å². The van der Waals surface area contributed by atoms with Gasteiger partial charge in [-0.2, -0.15) is 0 Å². The van der Waals surface area contributed by atoms with Crippen LogP contribution < -0.4 is 10.0 Å². The number of hydrogen-bond acceptors (Lipinski definition) is 3. The highest BCUT2D eigenvalue weighted by Gasteiger charge is 2.26. The highest BCUT2D eigenvalue weighted by molar-refractivity contribution is 6.08. The number of aliphatic imine (C=N–C) groups is 1. The molecule has 0 N–H and O–H groups in total. The van der Waals surface area contributed by atoms with E-state index in [9.17, 15) is 0 Å². The molecule has 0 radical (unpaired) electrons. The summed E-state index contributed by atoms with van der Waals surface area (Å²) >= 11 is 0. The number of fused-ring (bicyclic) bond motifs is 1. The zero-order chi connectivity index (χ0) is 19.5. The van der Waals surface area contributed by atoms with Crippen molar-refractivity contribution in [2.24, 2.45) is 4.99 Å². The third kappa shape index (κ3) is 3.39. The summed E-state index contributed by atoms with van der Waals surface area (Å²) in [6.45, 7) is 0.685. The topological polar surface area (TPSA) is 18.8 Å². The van der Waals surface area contributed by atoms with Crippen molar-refractivity contribution in [3.63, 3.8) is 0 Å². The number of rotatable bonds is 4. The fourth-order valence-electron chi connectivity index (χ4n) is 3.72. The van der Waals surface area contributed by atoms with Crippen LogP contribution in [0.15, 0.2) is 120 Å². The average molecular weight is 375 g/mol. The molecule has 29 heavy (non-hydrogen) atoms. The van der Waals surface area contributed by atoms with Crippen molar-refractivity contribution in [1.29, 1.82) is 0 Å². The summed E-state index contributed by atoms with van der Waals surface area (Å²) in [5.74, 6) is 0. The quantitative estimate of drug-likeness (QED) is 0.412. The minimum Gasteiger partial charge on any atom is -0.273 e. The molecular weight excluding hydrogens is 354 g/mol. The molecule has 0 amide bonds. The zero-order valence-electron chi connectivity index (χ0n) is 16.0. The summed E-state index contributed by atoms with van der Waals surface area (Å²) < 4.78 is 0. The molecule has 0 spiro atoms. The molecule has 5 rings (SSSR count). The minimum absolute atomic E-state index is 0.685. The second kappa shape index (κ2) is 7.64. The van der Waals surface area contributed by atoms with Crippen molar-refractivity contribution in [2.45, 2.75) is 0 Å². The second-order valence-electron chi connectivity index (χ2n) is 6.95. The highest BCUT2D eigenvalue weighted by Crippen LogP contribution is 2.38. The van der Waals surface area contributed by atoms with Gasteiger partial charge in [-0.15, -0.1) is 0 Å². The molecule has 0 unspecified atom stereocenters. The van der Waals surface area contributed by atoms with Crippen molar-refractivity contribution in [3.8, 4) is 0 Å². The van der Waals surface area contributed by atoms with Gasteiger partial charge in [0.1, 0.15) is 0 Å². The lowest BCUT2D eigenvalue weighted by Gasteiger charge is -2.41. The van der Waals surface area contributed by atoms with Gasteiger partial charge in [0, 0.05) is 0 Å². The third-order valence-corrected chi connectivity index (χ3v) is 5.06. The van der Waals surface area contributed by atoms with Crippen LogP contribution in [0.1, 0.15) is 5.56 Å². The van der Waals surface area contributed by atoms with E-state index in [1.807, 2.05) is 24.3 Å². The maximum atomic E-state index is 4.98. The van der Waals surface area contributed by atoms with E-state index in [0.717, 1.165) is 34.0 Å². The SMILES string of the molecule is c1ccc(C2=Nc3ccccc3N(N(c3ccccc3)c3ccccc3)C2)cc1. The number of hydrazine groups is 1. The van der Waals surface area contributed by atoms with Gasteiger partial charge in [0.25, 0.3) is 0 Å². The van der Waals surface area contributed by atoms with Gasteiger partial charge in [-0.25, -0.2) is 4.99 Å². The maximum Gasteiger partial charge on any atom is 0.0886 e. The largest absolute Gasteiger partial charge is 0.273 e. The number of anilines is 3. The summed E-state index contributed by atoms with van der Waals surface area (Å²) in [6, 6.07) is 39.7. The van der Waals surface area contributed by atoms with Crippen molar-refractivity contribution in [2.75, 3.05) is 16.6 Å². The summed E-state index contributed by atoms with van der Waals surface area (Å²) in [5.41, 5.74) is 6.51. The first-order valence-corrected chi connectivity index (χ1v) is 9.80. The van der Waals surface area contributed by atoms with Crippen LogP contribution in [0.5, 0.6) is 0 Å². The number of benzene rings is 4. The smallest absolute Gasteiger partial charge is 0.0886 e. The molecule has 0 atom stereocenters. The Labute approximate surface area is 171 Å². The van der Waals surface area contributed by atoms with E-state index in [1.54, 1.807) is 0 Å². The number of para-hydroxylation sites is 4. The van der Waals surface area contributed by atoms with Gasteiger partial charge in [-0.05, 0) is 42.0 Å². The predicted octanol–water partition coefficient (Wildman–Crippen LogP) is 6.38. The van der Waals surface area contributed by atoms with E-state index in [0.29, 0.717) is 6.54 Å². The average Bonchev–Trinajstić information content (AvgIpc) is 2.81. The molecule has 1 aliphatic rings. The molecule has 0 fully saturated rings. The van der Waals surface area contributed by atoms with E-state index in [4.69, 9.17) is 4.99 Å². The van der Waals surface area contributed by atoms with E-state index in [-0.39, 0.29) is 0 Å². The zero-order valence-corrected chi connectivity index (χ0v) is 16.0. The number of nitrogens with zero attached hydrogens (tertiary/aromatic N) is 3. The van der Waals surface area contributed by atoms with Gasteiger partial charge in [0.15, 0.2) is 0 Å². The van der Waals surface area contributed by atoms with Crippen LogP contribution in [-0.2, 0) is 0 Å². The van der Waals surface area contributed by atoms with Gasteiger partial charge in [-0.3, -0.25) is 10.0 Å². The first-order valence-electron chi connectivity index (χ1n) is 9.80. The van der Waals surface area contributed by atoms with E-state index in [2.05, 4.69) is 101 Å². The Morgan fingerprint density at radius 3 is 1.72 bits per heavy atom. The molecule has 0 aliphatic carbocycles. The van der Waals surface area contributed by atoms with Crippen LogP contribution in [0.4, 0.5) is 22.7 Å². The Bertz CT molecular complexity index is 1080. The van der Waals surface area contributed by atoms with E-state index in [1.165, 1.54) is 0 Å². The Morgan fingerprint density at radius 1 is 0.586 bits per heavy atom. The fraction of sp³-hybridized carbons (Fsp3) is 0.0385. The first-order chi connectivity index (χ1) is 14.4. The lowest BCUT2D eigenvalue weighted by atomic mass is 10.1. The summed E-state index contributed by atoms with van der Waals surface area (Å²) in [7, 11) is 0. The third-order valence-electron chi connectivity index (χ3n) is 5.06. The molecule has 3 heteroatoms. The van der Waals surface area contributed by atoms with Crippen LogP contribution in [-0.4, -0.2) is 12.3 Å². The Balaban J connectivity index is 1.67. The normalized spacial score (nSPS) is 12.8. The molecule has 1 aliphatic heterocycles. The molecule has 0 saturated heterocycles. The summed E-state index contributed by atoms with van der Waals surface area (Å²) in [5, 5.41) is 4.59. The summed E-state index contributed by atoms with van der Waals surface area (Å²) in [4.78, 5) is 4.98. The molecule has 4 aromatic carbocycles. The molecule has 4 aromatic rings. The lowest BCUT2D eigenvalue weighted by molar-refractivity contribution is 0.887. The second-order valence-corrected chi connectivity index (χ2v) is 6.95. The van der Waals surface area contributed by atoms with Crippen molar-refractivity contribution in [3.05, 3.63) is 121 Å². The fourth-order valence-corrected chi connectivity index (χ4v) is 3.72. The van der Waals surface area contributed by atoms with Crippen LogP contribution >= 0.6 is 0 Å². The Morgan fingerprint density at radius 2 is 1.10 bits per heavy atom. The monoisotopic (exact) mass is 375 g/mol. The summed E-state index contributed by atoms with van der Waals surface area (Å²) in [6.07, 6.45) is 0. The Hall–Kier alpha value is -3.85. The van der Waals surface area contributed by atoms with E-state index >= 15 is 0 Å². The van der Waals surface area contributed by atoms with Gasteiger partial charge in [-0.1, -0.05) is 78.9 Å². The van der Waals surface area contributed by atoms with Crippen LogP contribution in [0.3, 0.4) is 0 Å². The van der Waals surface area contributed by atoms with Crippen molar-refractivity contribution >= 4 is 28.5 Å². The van der Waals surface area contributed by atoms with Gasteiger partial charge in [0.05, 0.1) is 35.0 Å². The lowest BCUT2D eigenvalue weighted by Crippen LogP contribution is -2.44. The number of hydrogen-bond donors (Lipinski definition) is 0. The molecule has 1 heterocycles. The van der Waals surface area contributed by atoms with Gasteiger partial charge >= 0.3 is 0 Å². The first kappa shape index (κ1) is 17.3. The van der Waals surface area contributed by atoms with Crippen LogP contribution in [0, 0.1) is 0 Å². The van der Waals surface area contributed by atoms with Crippen molar-refractivity contribution in [1.82, 2.24) is 0 Å². The minimum atomic E-state index is 0.685. The molecule has 0 aromatic heterocycles. The van der Waals surface area contributed by atoms with Gasteiger partial charge in [0.2, 0.25) is 0 Å². The Kier molecular flexibility index (Phi) is 4.55. The molecule has 140 valence electrons. The van der Waals surface area contributed by atoms with E-state index < -0.39 is 0 Å². The molecule has 3 nitrogen and oxygen atoms in total. The standard InChI is InChI=1S/C26H21N3/c1-4-12-21(13-5-1)25-20-28(26-19-11-10-18-24(26)27-25)29(22-14-6-2-7-15-22)23-16-8-3-9-17-23/h1-19H,20H2. The van der Waals surface area contributed by atoms with Gasteiger partial charge < -0.3 is 0 Å². The van der Waals surface area contributed by atoms with Crippen molar-refractivity contribution < 1.29 is 0 Å². The molecule has 0 saturated carbocycles. The maximum absolute atomic E-state index is 4.98. The molecule has 0 bridgehead atoms.